The summed E-state index contributed by atoms with van der Waals surface area (Å²) in [6.45, 7) is 2.34. The minimum atomic E-state index is -2.91. The van der Waals surface area contributed by atoms with E-state index in [1.54, 1.807) is 0 Å². The van der Waals surface area contributed by atoms with Gasteiger partial charge in [0.2, 0.25) is 0 Å². The van der Waals surface area contributed by atoms with Gasteiger partial charge in [0.05, 0.1) is 0 Å². The van der Waals surface area contributed by atoms with Gasteiger partial charge in [0.15, 0.2) is 0 Å². The molecule has 0 amide bonds. The van der Waals surface area contributed by atoms with Crippen molar-refractivity contribution in [3.63, 3.8) is 0 Å². The van der Waals surface area contributed by atoms with Crippen molar-refractivity contribution in [3.8, 4) is 0 Å². The van der Waals surface area contributed by atoms with E-state index in [2.05, 4.69) is 101 Å². The zero-order valence-corrected chi connectivity index (χ0v) is 18.5. The normalized spacial score (nSPS) is 14.2. The molecule has 0 aromatic heterocycles. The van der Waals surface area contributed by atoms with Gasteiger partial charge in [-0.3, -0.25) is 0 Å². The third-order valence-corrected chi connectivity index (χ3v) is 21.1. The van der Waals surface area contributed by atoms with Crippen LogP contribution in [0.25, 0.3) is 10.8 Å². The molecule has 0 heterocycles. The molecule has 0 saturated carbocycles. The average Bonchev–Trinajstić information content (AvgIpc) is 2.50. The first kappa shape index (κ1) is 18.7. The third kappa shape index (κ3) is 3.29. The number of hydrogen-bond acceptors (Lipinski definition) is 3. The first-order chi connectivity index (χ1) is 10.9. The predicted molar refractivity (Wildman–Crippen MR) is 104 cm³/mol. The Balaban J connectivity index is 2.61. The van der Waals surface area contributed by atoms with Gasteiger partial charge in [0.25, 0.3) is 0 Å². The summed E-state index contributed by atoms with van der Waals surface area (Å²) in [6.07, 6.45) is 1.17. The van der Waals surface area contributed by atoms with Crippen LogP contribution in [0.2, 0.25) is 0 Å². The van der Waals surface area contributed by atoms with E-state index in [1.807, 2.05) is 0 Å². The number of rotatable bonds is 6. The summed E-state index contributed by atoms with van der Waals surface area (Å²) in [5.74, 6) is 0. The Morgan fingerprint density at radius 2 is 1.30 bits per heavy atom. The van der Waals surface area contributed by atoms with Gasteiger partial charge in [0, 0.05) is 0 Å². The number of hydrogen-bond donors (Lipinski definition) is 0. The SMILES string of the molecule is CC[CH](c1ccc2ccccc2c1)[Sn]([N](C)C)([N](C)C)[N](C)C. The van der Waals surface area contributed by atoms with Gasteiger partial charge < -0.3 is 0 Å². The van der Waals surface area contributed by atoms with E-state index in [0.717, 1.165) is 0 Å². The van der Waals surface area contributed by atoms with Crippen LogP contribution in [0.5, 0.6) is 0 Å². The molecule has 0 bridgehead atoms. The maximum atomic E-state index is 2.54. The molecule has 3 nitrogen and oxygen atoms in total. The van der Waals surface area contributed by atoms with Crippen LogP contribution >= 0.6 is 0 Å². The fourth-order valence-electron chi connectivity index (χ4n) is 4.29. The van der Waals surface area contributed by atoms with Gasteiger partial charge >= 0.3 is 147 Å². The molecule has 2 rings (SSSR count). The van der Waals surface area contributed by atoms with E-state index in [0.29, 0.717) is 3.93 Å². The molecule has 0 aliphatic carbocycles. The summed E-state index contributed by atoms with van der Waals surface area (Å²) in [6, 6.07) is 15.7. The van der Waals surface area contributed by atoms with Crippen molar-refractivity contribution < 1.29 is 0 Å². The van der Waals surface area contributed by atoms with Crippen molar-refractivity contribution >= 4 is 30.0 Å². The molecular weight excluding hydrogens is 389 g/mol. The van der Waals surface area contributed by atoms with Gasteiger partial charge in [0.1, 0.15) is 0 Å². The standard InChI is InChI=1S/C13H13.3C2H6N.Sn/c1-2-5-11-8-9-12-6-3-4-7-13(12)10-11;3*1-3-2;/h3-10H,2H2,1H3;3*1-2H3;/q;3*-1;+3. The van der Waals surface area contributed by atoms with Gasteiger partial charge in [-0.05, 0) is 0 Å². The summed E-state index contributed by atoms with van der Waals surface area (Å²) < 4.78 is 8.21. The molecule has 126 valence electrons. The second-order valence-electron chi connectivity index (χ2n) is 6.94. The molecule has 0 aliphatic rings. The Morgan fingerprint density at radius 3 is 1.78 bits per heavy atom. The molecule has 0 radical (unpaired) electrons. The maximum absolute atomic E-state index is 2.91. The van der Waals surface area contributed by atoms with E-state index < -0.39 is 19.2 Å². The fourth-order valence-corrected chi connectivity index (χ4v) is 19.8. The average molecular weight is 420 g/mol. The van der Waals surface area contributed by atoms with Crippen molar-refractivity contribution in [1.82, 2.24) is 9.36 Å². The van der Waals surface area contributed by atoms with E-state index in [1.165, 1.54) is 22.8 Å². The molecule has 0 fully saturated rings. The number of benzene rings is 2. The van der Waals surface area contributed by atoms with E-state index in [4.69, 9.17) is 0 Å². The number of nitrogens with zero attached hydrogens (tertiary/aromatic N) is 3. The number of fused-ring (bicyclic) bond motifs is 1. The molecule has 2 aromatic rings. The topological polar surface area (TPSA) is 9.72 Å². The molecule has 4 heteroatoms. The second-order valence-corrected chi connectivity index (χ2v) is 20.5. The Hall–Kier alpha value is -0.621. The van der Waals surface area contributed by atoms with Crippen LogP contribution in [-0.2, 0) is 0 Å². The second kappa shape index (κ2) is 7.51. The van der Waals surface area contributed by atoms with E-state index >= 15 is 0 Å². The van der Waals surface area contributed by atoms with Crippen LogP contribution in [0.3, 0.4) is 0 Å². The summed E-state index contributed by atoms with van der Waals surface area (Å²) in [5.41, 5.74) is 1.48. The Kier molecular flexibility index (Phi) is 6.11. The Morgan fingerprint density at radius 1 is 0.783 bits per heavy atom. The zero-order chi connectivity index (χ0) is 17.2. The molecule has 0 N–H and O–H groups in total. The quantitative estimate of drug-likeness (QED) is 0.663. The van der Waals surface area contributed by atoms with Crippen LogP contribution in [-0.4, -0.2) is 70.8 Å². The van der Waals surface area contributed by atoms with Crippen molar-refractivity contribution in [2.24, 2.45) is 0 Å². The van der Waals surface area contributed by atoms with Crippen molar-refractivity contribution in [1.29, 1.82) is 0 Å². The molecule has 0 spiro atoms. The summed E-state index contributed by atoms with van der Waals surface area (Å²) in [5, 5.41) is 2.67. The molecule has 2 aromatic carbocycles. The van der Waals surface area contributed by atoms with Crippen LogP contribution in [0.4, 0.5) is 0 Å². The zero-order valence-electron chi connectivity index (χ0n) is 15.7. The van der Waals surface area contributed by atoms with Crippen LogP contribution in [0.15, 0.2) is 42.5 Å². The van der Waals surface area contributed by atoms with Gasteiger partial charge in [-0.2, -0.15) is 0 Å². The third-order valence-electron chi connectivity index (χ3n) is 5.03. The van der Waals surface area contributed by atoms with Crippen molar-refractivity contribution in [2.75, 3.05) is 42.3 Å². The summed E-state index contributed by atoms with van der Waals surface area (Å²) >= 11 is -2.91. The van der Waals surface area contributed by atoms with Crippen molar-refractivity contribution in [2.45, 2.75) is 17.3 Å². The first-order valence-corrected chi connectivity index (χ1v) is 13.8. The van der Waals surface area contributed by atoms with Crippen LogP contribution < -0.4 is 0 Å². The monoisotopic (exact) mass is 421 g/mol. The van der Waals surface area contributed by atoms with E-state index in [9.17, 15) is 0 Å². The molecule has 23 heavy (non-hydrogen) atoms. The summed E-state index contributed by atoms with van der Waals surface area (Å²) in [7, 11) is 13.6. The summed E-state index contributed by atoms with van der Waals surface area (Å²) in [4.78, 5) is 0. The van der Waals surface area contributed by atoms with Crippen LogP contribution in [0, 0.1) is 0 Å². The van der Waals surface area contributed by atoms with Crippen LogP contribution in [0.1, 0.15) is 22.8 Å². The minimum absolute atomic E-state index is 0.592. The van der Waals surface area contributed by atoms with Gasteiger partial charge in [-0.25, -0.2) is 0 Å². The molecule has 0 saturated heterocycles. The first-order valence-electron chi connectivity index (χ1n) is 8.36. The van der Waals surface area contributed by atoms with Gasteiger partial charge in [-0.15, -0.1) is 0 Å². The van der Waals surface area contributed by atoms with E-state index in [-0.39, 0.29) is 0 Å². The Labute approximate surface area is 146 Å². The molecular formula is C19H31N3Sn. The molecule has 0 aliphatic heterocycles. The fraction of sp³-hybridized carbons (Fsp3) is 0.474. The molecule has 1 atom stereocenters. The van der Waals surface area contributed by atoms with Gasteiger partial charge in [-0.1, -0.05) is 0 Å². The molecule has 1 unspecified atom stereocenters. The Bertz CT molecular complexity index is 630. The predicted octanol–water partition coefficient (Wildman–Crippen LogP) is 3.50. The van der Waals surface area contributed by atoms with Crippen molar-refractivity contribution in [3.05, 3.63) is 48.0 Å².